The van der Waals surface area contributed by atoms with E-state index in [1.807, 2.05) is 18.3 Å². The van der Waals surface area contributed by atoms with Crippen LogP contribution < -0.4 is 0 Å². The zero-order valence-electron chi connectivity index (χ0n) is 37.1. The van der Waals surface area contributed by atoms with Crippen molar-refractivity contribution in [2.45, 2.75) is 164 Å². The number of hydrogen-bond donors (Lipinski definition) is 0. The van der Waals surface area contributed by atoms with Crippen LogP contribution in [0, 0.1) is 31.5 Å². The number of halogens is 1. The van der Waals surface area contributed by atoms with Crippen LogP contribution in [-0.4, -0.2) is 5.78 Å². The highest BCUT2D eigenvalue weighted by Gasteiger charge is 2.29. The quantitative estimate of drug-likeness (QED) is 0.0449. The van der Waals surface area contributed by atoms with E-state index in [1.54, 1.807) is 22.7 Å². The smallest absolute Gasteiger partial charge is 0.175 e. The van der Waals surface area contributed by atoms with Crippen molar-refractivity contribution < 1.29 is 18.0 Å². The molecular formula is C52H65FO3S4. The molecule has 0 saturated heterocycles. The van der Waals surface area contributed by atoms with Crippen LogP contribution in [-0.2, 0) is 12.8 Å². The fourth-order valence-electron chi connectivity index (χ4n) is 9.03. The van der Waals surface area contributed by atoms with E-state index < -0.39 is 0 Å². The summed E-state index contributed by atoms with van der Waals surface area (Å²) in [5.41, 5.74) is 2.25. The molecule has 0 aliphatic carbocycles. The van der Waals surface area contributed by atoms with Gasteiger partial charge in [0.15, 0.2) is 11.6 Å². The Morgan fingerprint density at radius 3 is 1.77 bits per heavy atom. The number of hydrogen-bond acceptors (Lipinski definition) is 7. The van der Waals surface area contributed by atoms with E-state index in [9.17, 15) is 4.79 Å². The van der Waals surface area contributed by atoms with E-state index >= 15 is 4.39 Å². The Morgan fingerprint density at radius 1 is 0.633 bits per heavy atom. The number of fused-ring (bicyclic) bond motifs is 3. The van der Waals surface area contributed by atoms with Crippen LogP contribution in [0.25, 0.3) is 62.7 Å². The molecule has 2 atom stereocenters. The van der Waals surface area contributed by atoms with Gasteiger partial charge in [0.1, 0.15) is 27.9 Å². The van der Waals surface area contributed by atoms with E-state index in [4.69, 9.17) is 8.83 Å². The van der Waals surface area contributed by atoms with Gasteiger partial charge >= 0.3 is 0 Å². The molecule has 0 bridgehead atoms. The number of rotatable bonds is 24. The molecule has 6 aromatic heterocycles. The molecule has 0 aliphatic heterocycles. The number of ketones is 1. The standard InChI is InChI=1S/C52H65FO3S4/c1-8-13-16-17-18-19-20-23-40(54)50-47(53)44-33(7)58-51(52(44)60-50)43-31-39-46(42-27-25-37(56-42)30-35(12-5)22-15-10-3)48-38(28-32(6)57-48)45(49(39)59-43)41-26-24-36(55-41)29-34(11-4)21-14-9-2/h24-28,31,34-35H,8-23,29-30H2,1-7H3. The van der Waals surface area contributed by atoms with Crippen molar-refractivity contribution in [2.24, 2.45) is 11.8 Å². The lowest BCUT2D eigenvalue weighted by Crippen LogP contribution is -2.02. The van der Waals surface area contributed by atoms with Gasteiger partial charge in [0, 0.05) is 70.6 Å². The maximum atomic E-state index is 16.3. The molecule has 0 saturated carbocycles. The first-order chi connectivity index (χ1) is 29.2. The van der Waals surface area contributed by atoms with Crippen LogP contribution in [0.5, 0.6) is 0 Å². The SMILES string of the molecule is CCCCCCCCCC(=O)c1sc2c(-c3cc4c(-c5ccc(CC(CC)CCCC)o5)c5sc(C)cc5c(-c5ccc(CC(CC)CCCC)o5)c4s3)sc(C)c2c1F. The fraction of sp³-hybridized carbons (Fsp3) is 0.519. The molecule has 0 spiro atoms. The predicted molar refractivity (Wildman–Crippen MR) is 262 cm³/mol. The minimum Gasteiger partial charge on any atom is -0.461 e. The predicted octanol–water partition coefficient (Wildman–Crippen LogP) is 19.2. The molecule has 0 amide bonds. The van der Waals surface area contributed by atoms with Crippen molar-refractivity contribution in [3.05, 3.63) is 68.4 Å². The third-order valence-electron chi connectivity index (χ3n) is 12.6. The van der Waals surface area contributed by atoms with Gasteiger partial charge in [-0.25, -0.2) is 4.39 Å². The Morgan fingerprint density at radius 2 is 1.18 bits per heavy atom. The molecule has 7 aromatic rings. The van der Waals surface area contributed by atoms with E-state index in [-0.39, 0.29) is 11.6 Å². The van der Waals surface area contributed by atoms with Gasteiger partial charge < -0.3 is 8.83 Å². The average Bonchev–Trinajstić information content (AvgIpc) is 4.11. The molecule has 60 heavy (non-hydrogen) atoms. The maximum Gasteiger partial charge on any atom is 0.175 e. The Kier molecular flexibility index (Phi) is 15.7. The first-order valence-electron chi connectivity index (χ1n) is 23.1. The summed E-state index contributed by atoms with van der Waals surface area (Å²) in [4.78, 5) is 18.1. The molecule has 1 aromatic carbocycles. The monoisotopic (exact) mass is 884 g/mol. The lowest BCUT2D eigenvalue weighted by Gasteiger charge is -2.13. The zero-order chi connectivity index (χ0) is 42.3. The number of unbranched alkanes of at least 4 members (excludes halogenated alkanes) is 8. The second-order valence-electron chi connectivity index (χ2n) is 17.2. The minimum atomic E-state index is -0.332. The lowest BCUT2D eigenvalue weighted by molar-refractivity contribution is 0.0979. The molecule has 322 valence electrons. The van der Waals surface area contributed by atoms with Crippen LogP contribution in [0.2, 0.25) is 0 Å². The van der Waals surface area contributed by atoms with Crippen molar-refractivity contribution in [1.82, 2.24) is 0 Å². The summed E-state index contributed by atoms with van der Waals surface area (Å²) in [6.07, 6.45) is 19.9. The largest absolute Gasteiger partial charge is 0.461 e. The van der Waals surface area contributed by atoms with Crippen molar-refractivity contribution in [3.63, 3.8) is 0 Å². The Labute approximate surface area is 373 Å². The van der Waals surface area contributed by atoms with E-state index in [0.29, 0.717) is 28.5 Å². The highest BCUT2D eigenvalue weighted by atomic mass is 32.1. The molecule has 0 aliphatic rings. The summed E-state index contributed by atoms with van der Waals surface area (Å²) in [5, 5.41) is 2.94. The van der Waals surface area contributed by atoms with Crippen LogP contribution in [0.15, 0.2) is 45.2 Å². The van der Waals surface area contributed by atoms with Gasteiger partial charge in [-0.05, 0) is 68.5 Å². The van der Waals surface area contributed by atoms with Gasteiger partial charge in [-0.2, -0.15) is 0 Å². The second-order valence-corrected chi connectivity index (χ2v) is 21.8. The molecule has 6 heterocycles. The van der Waals surface area contributed by atoms with Crippen molar-refractivity contribution in [3.8, 4) is 32.4 Å². The molecule has 0 radical (unpaired) electrons. The number of carbonyl (C=O) groups is 1. The Hall–Kier alpha value is -3.04. The van der Waals surface area contributed by atoms with Crippen LogP contribution in [0.3, 0.4) is 0 Å². The fourth-order valence-corrected chi connectivity index (χ4v) is 14.0. The lowest BCUT2D eigenvalue weighted by atomic mass is 9.95. The number of furan rings is 2. The van der Waals surface area contributed by atoms with E-state index in [0.717, 1.165) is 109 Å². The van der Waals surface area contributed by atoms with Gasteiger partial charge in [-0.15, -0.1) is 45.3 Å². The highest BCUT2D eigenvalue weighted by molar-refractivity contribution is 7.31. The topological polar surface area (TPSA) is 43.4 Å². The summed E-state index contributed by atoms with van der Waals surface area (Å²) >= 11 is 6.59. The first kappa shape index (κ1) is 45.0. The molecule has 8 heteroatoms. The van der Waals surface area contributed by atoms with Crippen molar-refractivity contribution in [2.75, 3.05) is 0 Å². The minimum absolute atomic E-state index is 0.0589. The van der Waals surface area contributed by atoms with Crippen LogP contribution in [0.4, 0.5) is 4.39 Å². The molecule has 0 fully saturated rings. The van der Waals surface area contributed by atoms with Gasteiger partial charge in [0.25, 0.3) is 0 Å². The highest BCUT2D eigenvalue weighted by Crippen LogP contribution is 2.54. The van der Waals surface area contributed by atoms with Gasteiger partial charge in [0.05, 0.1) is 9.58 Å². The molecule has 3 nitrogen and oxygen atoms in total. The zero-order valence-corrected chi connectivity index (χ0v) is 40.3. The first-order valence-corrected chi connectivity index (χ1v) is 26.4. The number of carbonyl (C=O) groups excluding carboxylic acids is 1. The maximum absolute atomic E-state index is 16.3. The molecule has 7 rings (SSSR count). The van der Waals surface area contributed by atoms with Gasteiger partial charge in [-0.1, -0.05) is 125 Å². The number of benzene rings is 1. The summed E-state index contributed by atoms with van der Waals surface area (Å²) in [6, 6.07) is 13.4. The number of Topliss-reactive ketones (excluding diaryl/α,β-unsaturated/α-hetero) is 1. The molecular weight excluding hydrogens is 820 g/mol. The number of thiophene rings is 4. The summed E-state index contributed by atoms with van der Waals surface area (Å²) in [7, 11) is 0. The summed E-state index contributed by atoms with van der Waals surface area (Å²) < 4.78 is 33.2. The van der Waals surface area contributed by atoms with Crippen LogP contribution in [0.1, 0.15) is 168 Å². The van der Waals surface area contributed by atoms with Crippen molar-refractivity contribution in [1.29, 1.82) is 0 Å². The Bertz CT molecular complexity index is 2390. The summed E-state index contributed by atoms with van der Waals surface area (Å²) in [6.45, 7) is 15.5. The van der Waals surface area contributed by atoms with Gasteiger partial charge in [-0.3, -0.25) is 4.79 Å². The number of aryl methyl sites for hydroxylation is 2. The molecule has 0 N–H and O–H groups in total. The second kappa shape index (κ2) is 20.9. The normalized spacial score (nSPS) is 13.1. The van der Waals surface area contributed by atoms with Gasteiger partial charge in [0.2, 0.25) is 0 Å². The molecule has 2 unspecified atom stereocenters. The Balaban J connectivity index is 1.33. The average molecular weight is 885 g/mol. The van der Waals surface area contributed by atoms with E-state index in [2.05, 4.69) is 77.9 Å². The third kappa shape index (κ3) is 9.77. The van der Waals surface area contributed by atoms with E-state index in [1.165, 1.54) is 90.5 Å². The summed E-state index contributed by atoms with van der Waals surface area (Å²) in [5.74, 6) is 4.71. The van der Waals surface area contributed by atoms with Crippen LogP contribution >= 0.6 is 45.3 Å². The third-order valence-corrected chi connectivity index (χ3v) is 17.5. The van der Waals surface area contributed by atoms with Crippen molar-refractivity contribution >= 4 is 81.4 Å².